The molecule has 1 amide bonds. The quantitative estimate of drug-likeness (QED) is 0.487. The van der Waals surface area contributed by atoms with Gasteiger partial charge in [-0.05, 0) is 37.1 Å². The summed E-state index contributed by atoms with van der Waals surface area (Å²) in [4.78, 5) is 30.4. The number of ether oxygens (including phenoxy) is 1. The van der Waals surface area contributed by atoms with Gasteiger partial charge in [-0.3, -0.25) is 14.2 Å². The molecule has 1 heterocycles. The zero-order chi connectivity index (χ0) is 20.2. The molecule has 2 aromatic carbocycles. The van der Waals surface area contributed by atoms with Crippen LogP contribution in [0.5, 0.6) is 5.75 Å². The average Bonchev–Trinajstić information content (AvgIpc) is 3.27. The smallest absolute Gasteiger partial charge is 0.262 e. The van der Waals surface area contributed by atoms with E-state index in [0.29, 0.717) is 27.5 Å². The third kappa shape index (κ3) is 4.15. The zero-order valence-electron chi connectivity index (χ0n) is 16.3. The van der Waals surface area contributed by atoms with Crippen LogP contribution >= 0.6 is 11.8 Å². The average molecular weight is 410 g/mol. The minimum absolute atomic E-state index is 0.0184. The van der Waals surface area contributed by atoms with Crippen molar-refractivity contribution in [2.75, 3.05) is 18.2 Å². The molecule has 0 aliphatic heterocycles. The summed E-state index contributed by atoms with van der Waals surface area (Å²) in [5, 5.41) is 4.11. The molecule has 150 valence electrons. The summed E-state index contributed by atoms with van der Waals surface area (Å²) in [6.07, 6.45) is 4.17. The van der Waals surface area contributed by atoms with Crippen LogP contribution < -0.4 is 15.6 Å². The van der Waals surface area contributed by atoms with Gasteiger partial charge in [-0.25, -0.2) is 4.98 Å². The molecule has 0 unspecified atom stereocenters. The standard InChI is InChI=1S/C22H23N3O3S/c1-28-19-13-7-6-12-18(19)23-20(26)14-29-22-24-17-11-5-4-10-16(17)21(27)25(22)15-8-2-3-9-15/h4-7,10-13,15H,2-3,8-9,14H2,1H3,(H,23,26). The van der Waals surface area contributed by atoms with E-state index in [0.717, 1.165) is 25.7 Å². The summed E-state index contributed by atoms with van der Waals surface area (Å²) in [6, 6.07) is 14.8. The maximum atomic E-state index is 13.1. The number of thioether (sulfide) groups is 1. The third-order valence-electron chi connectivity index (χ3n) is 5.18. The Labute approximate surface area is 173 Å². The van der Waals surface area contributed by atoms with Crippen LogP contribution in [0, 0.1) is 0 Å². The van der Waals surface area contributed by atoms with E-state index in [9.17, 15) is 9.59 Å². The fraction of sp³-hybridized carbons (Fsp3) is 0.318. The van der Waals surface area contributed by atoms with Gasteiger partial charge in [0.15, 0.2) is 5.16 Å². The SMILES string of the molecule is COc1ccccc1NC(=O)CSc1nc2ccccc2c(=O)n1C1CCCC1. The molecule has 3 aromatic rings. The Balaban J connectivity index is 1.59. The van der Waals surface area contributed by atoms with Crippen LogP contribution in [0.3, 0.4) is 0 Å². The van der Waals surface area contributed by atoms with Crippen molar-refractivity contribution in [3.63, 3.8) is 0 Å². The minimum atomic E-state index is -0.167. The Kier molecular flexibility index (Phi) is 5.85. The van der Waals surface area contributed by atoms with Gasteiger partial charge in [-0.15, -0.1) is 0 Å². The van der Waals surface area contributed by atoms with Gasteiger partial charge >= 0.3 is 0 Å². The highest BCUT2D eigenvalue weighted by Gasteiger charge is 2.23. The van der Waals surface area contributed by atoms with Crippen molar-refractivity contribution in [2.24, 2.45) is 0 Å². The second-order valence-electron chi connectivity index (χ2n) is 7.06. The fourth-order valence-corrected chi connectivity index (χ4v) is 4.64. The number of benzene rings is 2. The lowest BCUT2D eigenvalue weighted by molar-refractivity contribution is -0.113. The van der Waals surface area contributed by atoms with E-state index in [2.05, 4.69) is 5.32 Å². The van der Waals surface area contributed by atoms with Gasteiger partial charge in [0.05, 0.1) is 29.5 Å². The van der Waals surface area contributed by atoms with E-state index in [1.54, 1.807) is 23.8 Å². The summed E-state index contributed by atoms with van der Waals surface area (Å²) in [5.41, 5.74) is 1.27. The van der Waals surface area contributed by atoms with E-state index < -0.39 is 0 Å². The molecule has 0 atom stereocenters. The molecule has 29 heavy (non-hydrogen) atoms. The lowest BCUT2D eigenvalue weighted by Crippen LogP contribution is -2.27. The predicted octanol–water partition coefficient (Wildman–Crippen LogP) is 4.25. The number of para-hydroxylation sites is 3. The van der Waals surface area contributed by atoms with E-state index in [1.165, 1.54) is 11.8 Å². The Bertz CT molecular complexity index is 1090. The molecule has 7 heteroatoms. The van der Waals surface area contributed by atoms with Crippen LogP contribution in [0.4, 0.5) is 5.69 Å². The Hall–Kier alpha value is -2.80. The van der Waals surface area contributed by atoms with Crippen molar-refractivity contribution in [1.29, 1.82) is 0 Å². The molecular weight excluding hydrogens is 386 g/mol. The van der Waals surface area contributed by atoms with E-state index in [-0.39, 0.29) is 23.3 Å². The monoisotopic (exact) mass is 409 g/mol. The number of hydrogen-bond acceptors (Lipinski definition) is 5. The number of rotatable bonds is 6. The number of methoxy groups -OCH3 is 1. The topological polar surface area (TPSA) is 73.2 Å². The fourth-order valence-electron chi connectivity index (χ4n) is 3.78. The highest BCUT2D eigenvalue weighted by Crippen LogP contribution is 2.32. The summed E-state index contributed by atoms with van der Waals surface area (Å²) in [7, 11) is 1.57. The lowest BCUT2D eigenvalue weighted by Gasteiger charge is -2.18. The number of anilines is 1. The van der Waals surface area contributed by atoms with Crippen LogP contribution in [0.25, 0.3) is 10.9 Å². The normalized spacial score (nSPS) is 14.2. The Morgan fingerprint density at radius 1 is 1.17 bits per heavy atom. The predicted molar refractivity (Wildman–Crippen MR) is 116 cm³/mol. The molecule has 1 aromatic heterocycles. The summed E-state index contributed by atoms with van der Waals surface area (Å²) in [5.74, 6) is 0.604. The number of carbonyl (C=O) groups is 1. The van der Waals surface area contributed by atoms with Gasteiger partial charge in [0.25, 0.3) is 5.56 Å². The van der Waals surface area contributed by atoms with Gasteiger partial charge in [0.1, 0.15) is 5.75 Å². The van der Waals surface area contributed by atoms with Crippen LogP contribution in [0.1, 0.15) is 31.7 Å². The highest BCUT2D eigenvalue weighted by molar-refractivity contribution is 7.99. The summed E-state index contributed by atoms with van der Waals surface area (Å²) < 4.78 is 7.08. The number of carbonyl (C=O) groups excluding carboxylic acids is 1. The van der Waals surface area contributed by atoms with E-state index in [1.807, 2.05) is 36.4 Å². The molecule has 1 aliphatic rings. The van der Waals surface area contributed by atoms with Crippen LogP contribution in [-0.2, 0) is 4.79 Å². The molecule has 1 N–H and O–H groups in total. The summed E-state index contributed by atoms with van der Waals surface area (Å²) in [6.45, 7) is 0. The lowest BCUT2D eigenvalue weighted by atomic mass is 10.2. The number of aromatic nitrogens is 2. The minimum Gasteiger partial charge on any atom is -0.495 e. The highest BCUT2D eigenvalue weighted by atomic mass is 32.2. The maximum absolute atomic E-state index is 13.1. The number of nitrogens with zero attached hydrogens (tertiary/aromatic N) is 2. The number of fused-ring (bicyclic) bond motifs is 1. The van der Waals surface area contributed by atoms with E-state index in [4.69, 9.17) is 9.72 Å². The van der Waals surface area contributed by atoms with E-state index >= 15 is 0 Å². The van der Waals surface area contributed by atoms with Crippen molar-refractivity contribution in [1.82, 2.24) is 9.55 Å². The Morgan fingerprint density at radius 3 is 2.69 bits per heavy atom. The number of nitrogens with one attached hydrogen (secondary N) is 1. The van der Waals surface area contributed by atoms with Crippen molar-refractivity contribution < 1.29 is 9.53 Å². The molecule has 6 nitrogen and oxygen atoms in total. The third-order valence-corrected chi connectivity index (χ3v) is 6.13. The largest absolute Gasteiger partial charge is 0.495 e. The van der Waals surface area contributed by atoms with Gasteiger partial charge in [0, 0.05) is 6.04 Å². The Morgan fingerprint density at radius 2 is 1.90 bits per heavy atom. The molecule has 1 saturated carbocycles. The molecule has 0 spiro atoms. The van der Waals surface area contributed by atoms with Gasteiger partial charge in [-0.1, -0.05) is 48.9 Å². The summed E-state index contributed by atoms with van der Waals surface area (Å²) >= 11 is 1.30. The van der Waals surface area contributed by atoms with Gasteiger partial charge in [0.2, 0.25) is 5.91 Å². The van der Waals surface area contributed by atoms with Crippen LogP contribution in [0.15, 0.2) is 58.5 Å². The first-order chi connectivity index (χ1) is 14.2. The van der Waals surface area contributed by atoms with Gasteiger partial charge in [-0.2, -0.15) is 0 Å². The molecule has 1 aliphatic carbocycles. The van der Waals surface area contributed by atoms with Crippen molar-refractivity contribution in [2.45, 2.75) is 36.9 Å². The maximum Gasteiger partial charge on any atom is 0.262 e. The van der Waals surface area contributed by atoms with Crippen molar-refractivity contribution >= 4 is 34.3 Å². The first-order valence-corrected chi connectivity index (χ1v) is 10.7. The molecule has 0 radical (unpaired) electrons. The van der Waals surface area contributed by atoms with Crippen LogP contribution in [-0.4, -0.2) is 28.3 Å². The molecule has 0 bridgehead atoms. The zero-order valence-corrected chi connectivity index (χ0v) is 17.1. The van der Waals surface area contributed by atoms with Crippen LogP contribution in [0.2, 0.25) is 0 Å². The molecule has 4 rings (SSSR count). The van der Waals surface area contributed by atoms with Crippen molar-refractivity contribution in [3.05, 3.63) is 58.9 Å². The van der Waals surface area contributed by atoms with Gasteiger partial charge < -0.3 is 10.1 Å². The first kappa shape index (κ1) is 19.5. The molecular formula is C22H23N3O3S. The van der Waals surface area contributed by atoms with Crippen molar-refractivity contribution in [3.8, 4) is 5.75 Å². The molecule has 1 fully saturated rings. The number of hydrogen-bond donors (Lipinski definition) is 1. The molecule has 0 saturated heterocycles. The second-order valence-corrected chi connectivity index (χ2v) is 8.00. The second kappa shape index (κ2) is 8.69. The first-order valence-electron chi connectivity index (χ1n) is 9.74. The number of amides is 1.